The van der Waals surface area contributed by atoms with E-state index in [4.69, 9.17) is 11.6 Å². The molecule has 0 fully saturated rings. The lowest BCUT2D eigenvalue weighted by molar-refractivity contribution is 0.0757. The molecule has 7 heteroatoms. The van der Waals surface area contributed by atoms with Crippen LogP contribution in [0, 0.1) is 6.92 Å². The van der Waals surface area contributed by atoms with Crippen molar-refractivity contribution in [1.29, 1.82) is 0 Å². The summed E-state index contributed by atoms with van der Waals surface area (Å²) < 4.78 is 1.60. The molecule has 0 aliphatic carbocycles. The first-order chi connectivity index (χ1) is 10.4. The molecule has 0 bridgehead atoms. The highest BCUT2D eigenvalue weighted by atomic mass is 35.5. The topological polar surface area (TPSA) is 71.2 Å². The van der Waals surface area contributed by atoms with Crippen molar-refractivity contribution in [3.63, 3.8) is 0 Å². The van der Waals surface area contributed by atoms with Gasteiger partial charge in [-0.05, 0) is 44.5 Å². The molecule has 0 spiro atoms. The van der Waals surface area contributed by atoms with Gasteiger partial charge in [-0.1, -0.05) is 11.6 Å². The molecule has 1 atom stereocenters. The van der Waals surface area contributed by atoms with Crippen molar-refractivity contribution in [2.75, 3.05) is 13.6 Å². The van der Waals surface area contributed by atoms with Crippen molar-refractivity contribution in [1.82, 2.24) is 19.7 Å². The van der Waals surface area contributed by atoms with Gasteiger partial charge < -0.3 is 10.0 Å². The fraction of sp³-hybridized carbons (Fsp3) is 0.400. The zero-order valence-corrected chi connectivity index (χ0v) is 13.6. The summed E-state index contributed by atoms with van der Waals surface area (Å²) >= 11 is 5.87. The molecule has 22 heavy (non-hydrogen) atoms. The van der Waals surface area contributed by atoms with E-state index in [0.29, 0.717) is 23.8 Å². The van der Waals surface area contributed by atoms with E-state index in [1.54, 1.807) is 37.7 Å². The molecule has 1 unspecified atom stereocenters. The molecule has 1 aromatic carbocycles. The molecule has 6 nitrogen and oxygen atoms in total. The SMILES string of the molecule is Cc1nc(C(=O)N(C)CCC(C)O)nn1-c1ccc(Cl)cc1. The van der Waals surface area contributed by atoms with E-state index in [9.17, 15) is 9.90 Å². The Balaban J connectivity index is 2.18. The minimum absolute atomic E-state index is 0.139. The van der Waals surface area contributed by atoms with Crippen LogP contribution in [0.1, 0.15) is 29.8 Å². The minimum atomic E-state index is -0.448. The minimum Gasteiger partial charge on any atom is -0.393 e. The third-order valence-electron chi connectivity index (χ3n) is 3.26. The number of amides is 1. The van der Waals surface area contributed by atoms with Crippen molar-refractivity contribution in [2.24, 2.45) is 0 Å². The van der Waals surface area contributed by atoms with Crippen LogP contribution in [0.4, 0.5) is 0 Å². The molecular weight excluding hydrogens is 304 g/mol. The molecule has 0 aliphatic heterocycles. The molecule has 1 heterocycles. The Morgan fingerprint density at radius 1 is 1.41 bits per heavy atom. The first-order valence-electron chi connectivity index (χ1n) is 7.01. The van der Waals surface area contributed by atoms with E-state index in [1.165, 1.54) is 4.90 Å². The molecule has 0 saturated carbocycles. The number of benzene rings is 1. The Morgan fingerprint density at radius 3 is 2.64 bits per heavy atom. The number of carbonyl (C=O) groups is 1. The average Bonchev–Trinajstić information content (AvgIpc) is 2.86. The standard InChI is InChI=1S/C15H19ClN4O2/c1-10(21)8-9-19(3)15(22)14-17-11(2)20(18-14)13-6-4-12(16)5-7-13/h4-7,10,21H,8-9H2,1-3H3. The van der Waals surface area contributed by atoms with E-state index in [0.717, 1.165) is 5.69 Å². The fourth-order valence-corrected chi connectivity index (χ4v) is 2.09. The maximum atomic E-state index is 12.3. The molecule has 2 aromatic rings. The Kier molecular flexibility index (Phi) is 5.15. The zero-order valence-electron chi connectivity index (χ0n) is 12.8. The Morgan fingerprint density at radius 2 is 2.05 bits per heavy atom. The first kappa shape index (κ1) is 16.5. The van der Waals surface area contributed by atoms with E-state index in [2.05, 4.69) is 10.1 Å². The number of halogens is 1. The van der Waals surface area contributed by atoms with E-state index < -0.39 is 6.10 Å². The summed E-state index contributed by atoms with van der Waals surface area (Å²) in [5.41, 5.74) is 0.792. The second-order valence-corrected chi connectivity index (χ2v) is 5.67. The molecule has 0 saturated heterocycles. The average molecular weight is 323 g/mol. The molecule has 118 valence electrons. The highest BCUT2D eigenvalue weighted by Crippen LogP contribution is 2.14. The van der Waals surface area contributed by atoms with Crippen LogP contribution in [-0.4, -0.2) is 50.4 Å². The predicted octanol–water partition coefficient (Wildman–Crippen LogP) is 2.07. The number of rotatable bonds is 5. The number of aliphatic hydroxyl groups is 1. The molecule has 0 radical (unpaired) electrons. The van der Waals surface area contributed by atoms with Crippen LogP contribution >= 0.6 is 11.6 Å². The van der Waals surface area contributed by atoms with Gasteiger partial charge in [0.25, 0.3) is 5.91 Å². The molecule has 1 N–H and O–H groups in total. The van der Waals surface area contributed by atoms with Gasteiger partial charge in [0.05, 0.1) is 11.8 Å². The summed E-state index contributed by atoms with van der Waals surface area (Å²) in [6.07, 6.45) is 0.0654. The van der Waals surface area contributed by atoms with Crippen LogP contribution < -0.4 is 0 Å². The lowest BCUT2D eigenvalue weighted by Crippen LogP contribution is -2.30. The third kappa shape index (κ3) is 3.84. The van der Waals surface area contributed by atoms with Crippen molar-refractivity contribution in [2.45, 2.75) is 26.4 Å². The van der Waals surface area contributed by atoms with Crippen LogP contribution in [0.2, 0.25) is 5.02 Å². The third-order valence-corrected chi connectivity index (χ3v) is 3.51. The number of hydrogen-bond donors (Lipinski definition) is 1. The number of aryl methyl sites for hydroxylation is 1. The normalized spacial score (nSPS) is 12.2. The highest BCUT2D eigenvalue weighted by molar-refractivity contribution is 6.30. The van der Waals surface area contributed by atoms with Crippen LogP contribution in [0.3, 0.4) is 0 Å². The molecule has 1 aromatic heterocycles. The van der Waals surface area contributed by atoms with E-state index in [1.807, 2.05) is 12.1 Å². The number of aliphatic hydroxyl groups excluding tert-OH is 1. The van der Waals surface area contributed by atoms with Crippen LogP contribution in [0.5, 0.6) is 0 Å². The summed E-state index contributed by atoms with van der Waals surface area (Å²) in [4.78, 5) is 18.0. The monoisotopic (exact) mass is 322 g/mol. The van der Waals surface area contributed by atoms with Gasteiger partial charge in [0.15, 0.2) is 0 Å². The molecular formula is C15H19ClN4O2. The molecule has 1 amide bonds. The number of carbonyl (C=O) groups excluding carboxylic acids is 1. The first-order valence-corrected chi connectivity index (χ1v) is 7.39. The van der Waals surface area contributed by atoms with Gasteiger partial charge in [0, 0.05) is 18.6 Å². The Hall–Kier alpha value is -1.92. The smallest absolute Gasteiger partial charge is 0.293 e. The number of nitrogens with zero attached hydrogens (tertiary/aromatic N) is 4. The number of aromatic nitrogens is 3. The van der Waals surface area contributed by atoms with Crippen LogP contribution in [0.25, 0.3) is 5.69 Å². The fourth-order valence-electron chi connectivity index (χ4n) is 1.96. The maximum absolute atomic E-state index is 12.3. The van der Waals surface area contributed by atoms with Crippen molar-refractivity contribution in [3.05, 3.63) is 40.9 Å². The summed E-state index contributed by atoms with van der Waals surface area (Å²) in [5.74, 6) is 0.492. The van der Waals surface area contributed by atoms with E-state index >= 15 is 0 Å². The highest BCUT2D eigenvalue weighted by Gasteiger charge is 2.19. The largest absolute Gasteiger partial charge is 0.393 e. The summed E-state index contributed by atoms with van der Waals surface area (Å²) in [6, 6.07) is 7.15. The van der Waals surface area contributed by atoms with Gasteiger partial charge in [-0.15, -0.1) is 5.10 Å². The molecule has 0 aliphatic rings. The van der Waals surface area contributed by atoms with E-state index in [-0.39, 0.29) is 11.7 Å². The van der Waals surface area contributed by atoms with Crippen LogP contribution in [0.15, 0.2) is 24.3 Å². The van der Waals surface area contributed by atoms with Crippen LogP contribution in [-0.2, 0) is 0 Å². The maximum Gasteiger partial charge on any atom is 0.293 e. The van der Waals surface area contributed by atoms with Crippen molar-refractivity contribution < 1.29 is 9.90 Å². The quantitative estimate of drug-likeness (QED) is 0.914. The van der Waals surface area contributed by atoms with Gasteiger partial charge in [-0.2, -0.15) is 0 Å². The summed E-state index contributed by atoms with van der Waals surface area (Å²) in [6.45, 7) is 3.93. The second kappa shape index (κ2) is 6.89. The molecule has 2 rings (SSSR count). The zero-order chi connectivity index (χ0) is 16.3. The lowest BCUT2D eigenvalue weighted by atomic mass is 10.3. The van der Waals surface area contributed by atoms with Gasteiger partial charge in [0.1, 0.15) is 5.82 Å². The second-order valence-electron chi connectivity index (χ2n) is 5.24. The van der Waals surface area contributed by atoms with Gasteiger partial charge in [0.2, 0.25) is 5.82 Å². The number of hydrogen-bond acceptors (Lipinski definition) is 4. The van der Waals surface area contributed by atoms with Crippen molar-refractivity contribution in [3.8, 4) is 5.69 Å². The Bertz CT molecular complexity index is 652. The van der Waals surface area contributed by atoms with Crippen molar-refractivity contribution >= 4 is 17.5 Å². The van der Waals surface area contributed by atoms with Gasteiger partial charge in [-0.3, -0.25) is 4.79 Å². The Labute approximate surface area is 134 Å². The van der Waals surface area contributed by atoms with Gasteiger partial charge >= 0.3 is 0 Å². The summed E-state index contributed by atoms with van der Waals surface area (Å²) in [7, 11) is 1.67. The lowest BCUT2D eigenvalue weighted by Gasteiger charge is -2.15. The summed E-state index contributed by atoms with van der Waals surface area (Å²) in [5, 5.41) is 14.2. The van der Waals surface area contributed by atoms with Gasteiger partial charge in [-0.25, -0.2) is 9.67 Å². The predicted molar refractivity (Wildman–Crippen MR) is 84.4 cm³/mol.